The average molecular weight is 378 g/mol. The van der Waals surface area contributed by atoms with Gasteiger partial charge in [0.1, 0.15) is 0 Å². The van der Waals surface area contributed by atoms with Crippen LogP contribution in [-0.2, 0) is 4.43 Å². The fraction of sp³-hybridized carbons (Fsp3) is 0.600. The Morgan fingerprint density at radius 3 is 2.17 bits per heavy atom. The largest absolute Gasteiger partial charge is 0.413 e. The van der Waals surface area contributed by atoms with E-state index in [2.05, 4.69) is 92.6 Å². The third-order valence-electron chi connectivity index (χ3n) is 3.35. The van der Waals surface area contributed by atoms with Crippen LogP contribution in [0.5, 0.6) is 0 Å². The topological polar surface area (TPSA) is 9.23 Å². The third kappa shape index (κ3) is 6.90. The van der Waals surface area contributed by atoms with Crippen LogP contribution in [0.1, 0.15) is 34.6 Å². The number of hydrogen-bond donors (Lipinski definition) is 0. The highest BCUT2D eigenvalue weighted by atomic mass is 127. The van der Waals surface area contributed by atoms with Crippen molar-refractivity contribution in [2.24, 2.45) is 0 Å². The molecule has 0 N–H and O–H groups in total. The zero-order valence-corrected chi connectivity index (χ0v) is 16.0. The summed E-state index contributed by atoms with van der Waals surface area (Å²) in [7, 11) is -1.60. The first-order valence-corrected chi connectivity index (χ1v) is 10.5. The van der Waals surface area contributed by atoms with E-state index in [0.29, 0.717) is 6.61 Å². The standard InChI is InChI=1S/C15H27IOSi/c1-13(11-14(2)12-16)9-8-10-17-18(6,7)15(3,4)5/h8-9,11-12H,10H2,1-7H3/b9-8+,13-11-,14-12-. The van der Waals surface area contributed by atoms with Crippen LogP contribution in [0.15, 0.2) is 33.5 Å². The summed E-state index contributed by atoms with van der Waals surface area (Å²) in [6.07, 6.45) is 6.43. The number of hydrogen-bond acceptors (Lipinski definition) is 1. The molecule has 0 aliphatic heterocycles. The van der Waals surface area contributed by atoms with Crippen LogP contribution in [0.4, 0.5) is 0 Å². The van der Waals surface area contributed by atoms with E-state index in [-0.39, 0.29) is 5.04 Å². The molecule has 0 spiro atoms. The van der Waals surface area contributed by atoms with Gasteiger partial charge >= 0.3 is 0 Å². The van der Waals surface area contributed by atoms with Gasteiger partial charge in [-0.3, -0.25) is 0 Å². The van der Waals surface area contributed by atoms with Crippen molar-refractivity contribution in [3.05, 3.63) is 33.5 Å². The van der Waals surface area contributed by atoms with Gasteiger partial charge in [-0.15, -0.1) is 0 Å². The lowest BCUT2D eigenvalue weighted by molar-refractivity contribution is 0.328. The minimum absolute atomic E-state index is 0.284. The Kier molecular flexibility index (Phi) is 7.71. The zero-order valence-electron chi connectivity index (χ0n) is 12.8. The smallest absolute Gasteiger partial charge is 0.192 e. The first-order chi connectivity index (χ1) is 8.10. The molecule has 0 atom stereocenters. The van der Waals surface area contributed by atoms with Crippen molar-refractivity contribution < 1.29 is 4.43 Å². The zero-order chi connectivity index (χ0) is 14.4. The molecule has 0 saturated carbocycles. The summed E-state index contributed by atoms with van der Waals surface area (Å²) in [4.78, 5) is 0. The van der Waals surface area contributed by atoms with Gasteiger partial charge in [-0.05, 0) is 41.6 Å². The van der Waals surface area contributed by atoms with Gasteiger partial charge in [0, 0.05) is 0 Å². The van der Waals surface area contributed by atoms with Crippen molar-refractivity contribution in [1.29, 1.82) is 0 Å². The molecule has 104 valence electrons. The molecule has 0 unspecified atom stereocenters. The second kappa shape index (κ2) is 7.65. The second-order valence-electron chi connectivity index (χ2n) is 6.22. The van der Waals surface area contributed by atoms with Crippen molar-refractivity contribution in [2.45, 2.75) is 52.8 Å². The molecule has 18 heavy (non-hydrogen) atoms. The fourth-order valence-corrected chi connectivity index (χ4v) is 2.27. The molecule has 0 saturated heterocycles. The Labute approximate surface area is 128 Å². The highest BCUT2D eigenvalue weighted by molar-refractivity contribution is 14.1. The molecule has 0 aliphatic rings. The van der Waals surface area contributed by atoms with E-state index in [1.54, 1.807) is 0 Å². The maximum absolute atomic E-state index is 6.08. The van der Waals surface area contributed by atoms with Crippen LogP contribution in [0.2, 0.25) is 18.1 Å². The summed E-state index contributed by atoms with van der Waals surface area (Å²) in [6.45, 7) is 16.3. The molecular formula is C15H27IOSi. The molecule has 0 aromatic rings. The van der Waals surface area contributed by atoms with Gasteiger partial charge in [0.15, 0.2) is 8.32 Å². The lowest BCUT2D eigenvalue weighted by Gasteiger charge is -2.35. The molecule has 0 fully saturated rings. The molecule has 0 rings (SSSR count). The highest BCUT2D eigenvalue weighted by Gasteiger charge is 2.36. The highest BCUT2D eigenvalue weighted by Crippen LogP contribution is 2.36. The van der Waals surface area contributed by atoms with Crippen LogP contribution < -0.4 is 0 Å². The van der Waals surface area contributed by atoms with Gasteiger partial charge < -0.3 is 4.43 Å². The first-order valence-electron chi connectivity index (χ1n) is 6.36. The van der Waals surface area contributed by atoms with Crippen LogP contribution in [-0.4, -0.2) is 14.9 Å². The Morgan fingerprint density at radius 1 is 1.17 bits per heavy atom. The Balaban J connectivity index is 4.33. The Bertz CT molecular complexity index is 346. The van der Waals surface area contributed by atoms with Crippen LogP contribution >= 0.6 is 22.6 Å². The summed E-state index contributed by atoms with van der Waals surface area (Å²) in [5, 5.41) is 0.284. The van der Waals surface area contributed by atoms with E-state index in [9.17, 15) is 0 Å². The fourth-order valence-electron chi connectivity index (χ4n) is 1.15. The predicted octanol–water partition coefficient (Wildman–Crippen LogP) is 5.85. The lowest BCUT2D eigenvalue weighted by Crippen LogP contribution is -2.40. The van der Waals surface area contributed by atoms with Gasteiger partial charge in [0.05, 0.1) is 6.61 Å². The van der Waals surface area contributed by atoms with Gasteiger partial charge in [-0.2, -0.15) is 0 Å². The Morgan fingerprint density at radius 2 is 1.72 bits per heavy atom. The van der Waals surface area contributed by atoms with Crippen molar-refractivity contribution in [2.75, 3.05) is 6.61 Å². The van der Waals surface area contributed by atoms with Gasteiger partial charge in [0.2, 0.25) is 0 Å². The molecule has 0 bridgehead atoms. The van der Waals surface area contributed by atoms with Gasteiger partial charge in [-0.1, -0.05) is 67.2 Å². The number of allylic oxidation sites excluding steroid dienone is 4. The monoisotopic (exact) mass is 378 g/mol. The molecule has 0 amide bonds. The molecule has 0 aliphatic carbocycles. The minimum atomic E-state index is -1.60. The molecule has 0 aromatic heterocycles. The summed E-state index contributed by atoms with van der Waals surface area (Å²) < 4.78 is 8.17. The maximum atomic E-state index is 6.08. The summed E-state index contributed by atoms with van der Waals surface area (Å²) in [5.41, 5.74) is 2.54. The SMILES string of the molecule is CC(=C/I)/C=C(C)\C=C\CO[Si](C)(C)C(C)(C)C. The molecule has 1 nitrogen and oxygen atoms in total. The molecular weight excluding hydrogens is 351 g/mol. The van der Waals surface area contributed by atoms with Crippen LogP contribution in [0.25, 0.3) is 0 Å². The summed E-state index contributed by atoms with van der Waals surface area (Å²) in [5.74, 6) is 0. The van der Waals surface area contributed by atoms with E-state index in [1.807, 2.05) is 0 Å². The third-order valence-corrected chi connectivity index (χ3v) is 8.84. The van der Waals surface area contributed by atoms with E-state index < -0.39 is 8.32 Å². The van der Waals surface area contributed by atoms with Crippen LogP contribution in [0, 0.1) is 0 Å². The molecule has 3 heteroatoms. The minimum Gasteiger partial charge on any atom is -0.413 e. The van der Waals surface area contributed by atoms with Gasteiger partial charge in [-0.25, -0.2) is 0 Å². The Hall–Kier alpha value is 0.127. The number of halogens is 1. The maximum Gasteiger partial charge on any atom is 0.192 e. The average Bonchev–Trinajstić information content (AvgIpc) is 2.22. The predicted molar refractivity (Wildman–Crippen MR) is 93.8 cm³/mol. The van der Waals surface area contributed by atoms with E-state index in [1.165, 1.54) is 11.1 Å². The summed E-state index contributed by atoms with van der Waals surface area (Å²) >= 11 is 2.26. The van der Waals surface area contributed by atoms with Gasteiger partial charge in [0.25, 0.3) is 0 Å². The van der Waals surface area contributed by atoms with E-state index in [4.69, 9.17) is 4.43 Å². The molecule has 0 aromatic carbocycles. The van der Waals surface area contributed by atoms with E-state index >= 15 is 0 Å². The summed E-state index contributed by atoms with van der Waals surface area (Å²) in [6, 6.07) is 0. The van der Waals surface area contributed by atoms with Crippen molar-refractivity contribution in [3.63, 3.8) is 0 Å². The van der Waals surface area contributed by atoms with Crippen molar-refractivity contribution >= 4 is 30.9 Å². The van der Waals surface area contributed by atoms with Crippen molar-refractivity contribution in [1.82, 2.24) is 0 Å². The lowest BCUT2D eigenvalue weighted by atomic mass is 10.2. The molecule has 0 heterocycles. The second-order valence-corrected chi connectivity index (χ2v) is 11.6. The number of rotatable bonds is 5. The van der Waals surface area contributed by atoms with Crippen LogP contribution in [0.3, 0.4) is 0 Å². The quantitative estimate of drug-likeness (QED) is 0.331. The van der Waals surface area contributed by atoms with E-state index in [0.717, 1.165) is 0 Å². The van der Waals surface area contributed by atoms with Crippen molar-refractivity contribution in [3.8, 4) is 0 Å². The normalized spacial score (nSPS) is 15.6. The molecule has 0 radical (unpaired) electrons. The first kappa shape index (κ1) is 18.1.